The fourth-order valence-corrected chi connectivity index (χ4v) is 1.32. The summed E-state index contributed by atoms with van der Waals surface area (Å²) in [6.07, 6.45) is 5.53. The minimum atomic E-state index is 0.263. The fourth-order valence-electron chi connectivity index (χ4n) is 1.32. The van der Waals surface area contributed by atoms with Gasteiger partial charge in [0.2, 0.25) is 0 Å². The Hall–Kier alpha value is -1.05. The predicted octanol–water partition coefficient (Wildman–Crippen LogP) is 2.13. The van der Waals surface area contributed by atoms with Gasteiger partial charge in [0.05, 0.1) is 0 Å². The first-order valence-corrected chi connectivity index (χ1v) is 4.67. The summed E-state index contributed by atoms with van der Waals surface area (Å²) < 4.78 is 0. The highest BCUT2D eigenvalue weighted by molar-refractivity contribution is 5.92. The molecule has 0 unspecified atom stereocenters. The molecule has 1 aliphatic carbocycles. The van der Waals surface area contributed by atoms with Gasteiger partial charge >= 0.3 is 0 Å². The van der Waals surface area contributed by atoms with Gasteiger partial charge in [0.15, 0.2) is 5.78 Å². The van der Waals surface area contributed by atoms with Crippen LogP contribution in [0.1, 0.15) is 26.7 Å². The Morgan fingerprint density at radius 2 is 2.23 bits per heavy atom. The van der Waals surface area contributed by atoms with Crippen LogP contribution < -0.4 is 0 Å². The summed E-state index contributed by atoms with van der Waals surface area (Å²) in [5.41, 5.74) is 2.49. The SMILES string of the molecule is CC(C)=CCN(C)C1=CC(=O)CC1. The molecular formula is C11H17NO. The molecule has 0 atom stereocenters. The lowest BCUT2D eigenvalue weighted by molar-refractivity contribution is -0.114. The van der Waals surface area contributed by atoms with Crippen molar-refractivity contribution in [2.45, 2.75) is 26.7 Å². The molecule has 0 aromatic heterocycles. The van der Waals surface area contributed by atoms with Crippen LogP contribution in [-0.2, 0) is 4.79 Å². The van der Waals surface area contributed by atoms with Crippen LogP contribution in [0.3, 0.4) is 0 Å². The molecule has 0 aromatic rings. The second kappa shape index (κ2) is 4.26. The van der Waals surface area contributed by atoms with Gasteiger partial charge in [0.25, 0.3) is 0 Å². The molecule has 0 amide bonds. The molecule has 0 aliphatic heterocycles. The first-order valence-electron chi connectivity index (χ1n) is 4.67. The number of rotatable bonds is 3. The maximum absolute atomic E-state index is 11.0. The molecule has 0 spiro atoms. The van der Waals surface area contributed by atoms with Gasteiger partial charge in [-0.05, 0) is 20.3 Å². The van der Waals surface area contributed by atoms with Gasteiger partial charge in [-0.1, -0.05) is 11.6 Å². The normalized spacial score (nSPS) is 15.6. The van der Waals surface area contributed by atoms with E-state index in [0.29, 0.717) is 6.42 Å². The van der Waals surface area contributed by atoms with E-state index in [1.807, 2.05) is 7.05 Å². The van der Waals surface area contributed by atoms with Gasteiger partial charge in [0.1, 0.15) is 0 Å². The van der Waals surface area contributed by atoms with Crippen molar-refractivity contribution in [3.63, 3.8) is 0 Å². The molecule has 0 saturated heterocycles. The fraction of sp³-hybridized carbons (Fsp3) is 0.545. The number of nitrogens with zero attached hydrogens (tertiary/aromatic N) is 1. The van der Waals surface area contributed by atoms with Crippen molar-refractivity contribution in [2.75, 3.05) is 13.6 Å². The molecule has 0 N–H and O–H groups in total. The monoisotopic (exact) mass is 179 g/mol. The van der Waals surface area contributed by atoms with E-state index < -0.39 is 0 Å². The number of carbonyl (C=O) groups excluding carboxylic acids is 1. The molecule has 72 valence electrons. The van der Waals surface area contributed by atoms with Crippen molar-refractivity contribution < 1.29 is 4.79 Å². The minimum absolute atomic E-state index is 0.263. The van der Waals surface area contributed by atoms with E-state index >= 15 is 0 Å². The van der Waals surface area contributed by atoms with Crippen molar-refractivity contribution in [2.24, 2.45) is 0 Å². The largest absolute Gasteiger partial charge is 0.374 e. The third-order valence-corrected chi connectivity index (χ3v) is 2.22. The van der Waals surface area contributed by atoms with Crippen molar-refractivity contribution in [1.29, 1.82) is 0 Å². The number of hydrogen-bond acceptors (Lipinski definition) is 2. The van der Waals surface area contributed by atoms with E-state index in [0.717, 1.165) is 13.0 Å². The molecule has 1 aliphatic rings. The summed E-state index contributed by atoms with van der Waals surface area (Å²) in [4.78, 5) is 13.1. The van der Waals surface area contributed by atoms with Crippen LogP contribution in [0, 0.1) is 0 Å². The van der Waals surface area contributed by atoms with Crippen LogP contribution in [0.2, 0.25) is 0 Å². The summed E-state index contributed by atoms with van der Waals surface area (Å²) in [6.45, 7) is 5.07. The van der Waals surface area contributed by atoms with Gasteiger partial charge in [-0.2, -0.15) is 0 Å². The van der Waals surface area contributed by atoms with Crippen molar-refractivity contribution >= 4 is 5.78 Å². The molecule has 0 bridgehead atoms. The van der Waals surface area contributed by atoms with Gasteiger partial charge in [-0.15, -0.1) is 0 Å². The van der Waals surface area contributed by atoms with Gasteiger partial charge in [0, 0.05) is 31.8 Å². The van der Waals surface area contributed by atoms with Crippen LogP contribution in [-0.4, -0.2) is 24.3 Å². The minimum Gasteiger partial charge on any atom is -0.374 e. The molecule has 1 rings (SSSR count). The Morgan fingerprint density at radius 1 is 1.54 bits per heavy atom. The summed E-state index contributed by atoms with van der Waals surface area (Å²) in [7, 11) is 2.03. The Balaban J connectivity index is 2.49. The highest BCUT2D eigenvalue weighted by Crippen LogP contribution is 2.17. The zero-order valence-corrected chi connectivity index (χ0v) is 8.63. The topological polar surface area (TPSA) is 20.3 Å². The molecule has 0 heterocycles. The second-order valence-electron chi connectivity index (χ2n) is 3.76. The highest BCUT2D eigenvalue weighted by atomic mass is 16.1. The Morgan fingerprint density at radius 3 is 2.69 bits per heavy atom. The van der Waals surface area contributed by atoms with E-state index in [1.54, 1.807) is 6.08 Å². The van der Waals surface area contributed by atoms with Crippen LogP contribution in [0.25, 0.3) is 0 Å². The summed E-state index contributed by atoms with van der Waals surface area (Å²) >= 11 is 0. The zero-order valence-electron chi connectivity index (χ0n) is 8.63. The van der Waals surface area contributed by atoms with Gasteiger partial charge in [-0.25, -0.2) is 0 Å². The lowest BCUT2D eigenvalue weighted by Gasteiger charge is -2.18. The smallest absolute Gasteiger partial charge is 0.157 e. The third-order valence-electron chi connectivity index (χ3n) is 2.22. The molecule has 2 nitrogen and oxygen atoms in total. The first kappa shape index (κ1) is 10.0. The number of likely N-dealkylation sites (N-methyl/N-ethyl adjacent to an activating group) is 1. The van der Waals surface area contributed by atoms with Crippen LogP contribution in [0.5, 0.6) is 0 Å². The van der Waals surface area contributed by atoms with E-state index in [9.17, 15) is 4.79 Å². The van der Waals surface area contributed by atoms with E-state index in [-0.39, 0.29) is 5.78 Å². The summed E-state index contributed by atoms with van der Waals surface area (Å²) in [5.74, 6) is 0.263. The molecule has 0 fully saturated rings. The molecule has 13 heavy (non-hydrogen) atoms. The quantitative estimate of drug-likeness (QED) is 0.619. The Kier molecular flexibility index (Phi) is 3.29. The average Bonchev–Trinajstić information content (AvgIpc) is 2.47. The predicted molar refractivity (Wildman–Crippen MR) is 54.4 cm³/mol. The molecule has 0 saturated carbocycles. The number of ketones is 1. The van der Waals surface area contributed by atoms with Crippen LogP contribution in [0.4, 0.5) is 0 Å². The second-order valence-corrected chi connectivity index (χ2v) is 3.76. The summed E-state index contributed by atoms with van der Waals surface area (Å²) in [6, 6.07) is 0. The Labute approximate surface area is 79.9 Å². The van der Waals surface area contributed by atoms with Gasteiger partial charge < -0.3 is 4.90 Å². The van der Waals surface area contributed by atoms with E-state index in [1.165, 1.54) is 11.3 Å². The zero-order chi connectivity index (χ0) is 9.84. The lowest BCUT2D eigenvalue weighted by Crippen LogP contribution is -2.16. The molecular weight excluding hydrogens is 162 g/mol. The number of carbonyl (C=O) groups is 1. The van der Waals surface area contributed by atoms with Crippen molar-refractivity contribution in [3.8, 4) is 0 Å². The van der Waals surface area contributed by atoms with Gasteiger partial charge in [-0.3, -0.25) is 4.79 Å². The third kappa shape index (κ3) is 3.05. The molecule has 0 aromatic carbocycles. The van der Waals surface area contributed by atoms with Crippen molar-refractivity contribution in [1.82, 2.24) is 4.90 Å². The van der Waals surface area contributed by atoms with Crippen molar-refractivity contribution in [3.05, 3.63) is 23.4 Å². The number of allylic oxidation sites excluding steroid dienone is 3. The number of hydrogen-bond donors (Lipinski definition) is 0. The van der Waals surface area contributed by atoms with E-state index in [4.69, 9.17) is 0 Å². The highest BCUT2D eigenvalue weighted by Gasteiger charge is 2.14. The molecule has 0 radical (unpaired) electrons. The molecule has 2 heteroatoms. The summed E-state index contributed by atoms with van der Waals surface area (Å²) in [5, 5.41) is 0. The standard InChI is InChI=1S/C11H17NO/c1-9(2)6-7-12(3)10-4-5-11(13)8-10/h6,8H,4-5,7H2,1-3H3. The van der Waals surface area contributed by atoms with Crippen LogP contribution in [0.15, 0.2) is 23.4 Å². The average molecular weight is 179 g/mol. The maximum atomic E-state index is 11.0. The van der Waals surface area contributed by atoms with E-state index in [2.05, 4.69) is 24.8 Å². The lowest BCUT2D eigenvalue weighted by atomic mass is 10.3. The first-order chi connectivity index (χ1) is 6.09. The maximum Gasteiger partial charge on any atom is 0.157 e. The van der Waals surface area contributed by atoms with Crippen LogP contribution >= 0.6 is 0 Å². The Bertz CT molecular complexity index is 259.